The fourth-order valence-electron chi connectivity index (χ4n) is 1.80. The Labute approximate surface area is 112 Å². The first-order valence-corrected chi connectivity index (χ1v) is 7.48. The van der Waals surface area contributed by atoms with E-state index in [-0.39, 0.29) is 6.54 Å². The molecule has 0 spiro atoms. The summed E-state index contributed by atoms with van der Waals surface area (Å²) < 4.78 is 53.6. The second-order valence-electron chi connectivity index (χ2n) is 4.35. The molecule has 4 nitrogen and oxygen atoms in total. The van der Waals surface area contributed by atoms with Gasteiger partial charge in [0.15, 0.2) is 4.90 Å². The van der Waals surface area contributed by atoms with Crippen LogP contribution in [-0.2, 0) is 10.0 Å². The average molecular weight is 292 g/mol. The Hall–Kier alpha value is -1.05. The normalized spacial score (nSPS) is 12.7. The molecule has 0 radical (unpaired) electrons. The molecule has 0 aliphatic carbocycles. The molecule has 0 fully saturated rings. The van der Waals surface area contributed by atoms with Crippen molar-refractivity contribution in [1.29, 1.82) is 0 Å². The maximum Gasteiger partial charge on any atom is 0.246 e. The molecule has 0 atom stereocenters. The van der Waals surface area contributed by atoms with Crippen LogP contribution < -0.4 is 10.5 Å². The van der Waals surface area contributed by atoms with Crippen LogP contribution >= 0.6 is 0 Å². The highest BCUT2D eigenvalue weighted by molar-refractivity contribution is 7.89. The summed E-state index contributed by atoms with van der Waals surface area (Å²) in [6, 6.07) is 2.92. The molecule has 19 heavy (non-hydrogen) atoms. The minimum absolute atomic E-state index is 0.0509. The maximum absolute atomic E-state index is 13.5. The summed E-state index contributed by atoms with van der Waals surface area (Å²) in [5.41, 5.74) is 4.68. The molecular weight excluding hydrogens is 274 g/mol. The molecule has 0 aliphatic rings. The molecule has 0 saturated carbocycles. The highest BCUT2D eigenvalue weighted by atomic mass is 32.2. The number of nitrogens with one attached hydrogen (secondary N) is 1. The van der Waals surface area contributed by atoms with Gasteiger partial charge >= 0.3 is 0 Å². The summed E-state index contributed by atoms with van der Waals surface area (Å²) in [4.78, 5) is -0.963. The average Bonchev–Trinajstić information content (AvgIpc) is 2.35. The van der Waals surface area contributed by atoms with Gasteiger partial charge in [0.1, 0.15) is 11.6 Å². The van der Waals surface area contributed by atoms with Crippen LogP contribution in [0, 0.1) is 11.6 Å². The van der Waals surface area contributed by atoms with Gasteiger partial charge in [-0.05, 0) is 25.0 Å². The van der Waals surface area contributed by atoms with Gasteiger partial charge in [-0.3, -0.25) is 0 Å². The number of rotatable bonds is 6. The molecular formula is C12H18F2N2O2S. The van der Waals surface area contributed by atoms with E-state index in [9.17, 15) is 17.2 Å². The number of halogens is 2. The van der Waals surface area contributed by atoms with Crippen molar-refractivity contribution in [3.63, 3.8) is 0 Å². The van der Waals surface area contributed by atoms with Crippen LogP contribution in [0.2, 0.25) is 0 Å². The molecule has 0 aliphatic heterocycles. The predicted octanol–water partition coefficient (Wildman–Crippen LogP) is 1.76. The Bertz CT molecular complexity index is 514. The van der Waals surface area contributed by atoms with E-state index in [4.69, 9.17) is 5.73 Å². The first-order valence-electron chi connectivity index (χ1n) is 6.00. The van der Waals surface area contributed by atoms with Crippen LogP contribution in [-0.4, -0.2) is 20.5 Å². The minimum Gasteiger partial charge on any atom is -0.329 e. The Morgan fingerprint density at radius 2 is 1.68 bits per heavy atom. The van der Waals surface area contributed by atoms with Crippen LogP contribution in [0.25, 0.3) is 0 Å². The van der Waals surface area contributed by atoms with Crippen LogP contribution in [0.5, 0.6) is 0 Å². The number of nitrogens with two attached hydrogens (primary N) is 1. The van der Waals surface area contributed by atoms with Gasteiger partial charge in [-0.1, -0.05) is 19.9 Å². The molecule has 0 bridgehead atoms. The summed E-state index contributed by atoms with van der Waals surface area (Å²) in [5.74, 6) is -2.24. The standard InChI is InChI=1S/C12H18F2N2O2S/c1-3-12(4-2,8-15)16-19(17,18)11-9(13)6-5-7-10(11)14/h5-7,16H,3-4,8,15H2,1-2H3. The summed E-state index contributed by atoms with van der Waals surface area (Å²) >= 11 is 0. The third kappa shape index (κ3) is 3.29. The van der Waals surface area contributed by atoms with Crippen molar-refractivity contribution in [1.82, 2.24) is 4.72 Å². The van der Waals surface area contributed by atoms with Gasteiger partial charge in [-0.15, -0.1) is 0 Å². The number of hydrogen-bond acceptors (Lipinski definition) is 3. The lowest BCUT2D eigenvalue weighted by Gasteiger charge is -2.31. The predicted molar refractivity (Wildman–Crippen MR) is 69.0 cm³/mol. The van der Waals surface area contributed by atoms with Gasteiger partial charge in [-0.25, -0.2) is 21.9 Å². The second kappa shape index (κ2) is 5.94. The molecule has 0 aromatic heterocycles. The van der Waals surface area contributed by atoms with Crippen LogP contribution in [0.3, 0.4) is 0 Å². The van der Waals surface area contributed by atoms with Gasteiger partial charge < -0.3 is 5.73 Å². The van der Waals surface area contributed by atoms with Crippen LogP contribution in [0.15, 0.2) is 23.1 Å². The molecule has 0 unspecified atom stereocenters. The van der Waals surface area contributed by atoms with E-state index in [0.717, 1.165) is 18.2 Å². The van der Waals surface area contributed by atoms with Crippen molar-refractivity contribution >= 4 is 10.0 Å². The molecule has 3 N–H and O–H groups in total. The third-order valence-corrected chi connectivity index (χ3v) is 4.91. The van der Waals surface area contributed by atoms with E-state index in [0.29, 0.717) is 12.8 Å². The van der Waals surface area contributed by atoms with E-state index in [1.807, 2.05) is 0 Å². The number of hydrogen-bond donors (Lipinski definition) is 2. The molecule has 0 saturated heterocycles. The molecule has 1 aromatic carbocycles. The smallest absolute Gasteiger partial charge is 0.246 e. The van der Waals surface area contributed by atoms with Crippen molar-refractivity contribution in [2.45, 2.75) is 37.1 Å². The van der Waals surface area contributed by atoms with Crippen LogP contribution in [0.1, 0.15) is 26.7 Å². The fourth-order valence-corrected chi connectivity index (χ4v) is 3.49. The first-order chi connectivity index (χ1) is 8.82. The lowest BCUT2D eigenvalue weighted by Crippen LogP contribution is -2.53. The Kier molecular flexibility index (Phi) is 5.00. The van der Waals surface area contributed by atoms with Crippen molar-refractivity contribution < 1.29 is 17.2 Å². The fraction of sp³-hybridized carbons (Fsp3) is 0.500. The van der Waals surface area contributed by atoms with Crippen molar-refractivity contribution in [3.05, 3.63) is 29.8 Å². The second-order valence-corrected chi connectivity index (χ2v) is 5.97. The quantitative estimate of drug-likeness (QED) is 0.839. The maximum atomic E-state index is 13.5. The largest absolute Gasteiger partial charge is 0.329 e. The van der Waals surface area contributed by atoms with Crippen molar-refractivity contribution in [3.8, 4) is 0 Å². The Morgan fingerprint density at radius 3 is 2.05 bits per heavy atom. The monoisotopic (exact) mass is 292 g/mol. The van der Waals surface area contributed by atoms with E-state index < -0.39 is 32.1 Å². The molecule has 1 aromatic rings. The summed E-state index contributed by atoms with van der Waals surface area (Å²) in [7, 11) is -4.30. The summed E-state index contributed by atoms with van der Waals surface area (Å²) in [5, 5.41) is 0. The summed E-state index contributed by atoms with van der Waals surface area (Å²) in [6.45, 7) is 3.57. The highest BCUT2D eigenvalue weighted by Gasteiger charge is 2.33. The molecule has 0 amide bonds. The highest BCUT2D eigenvalue weighted by Crippen LogP contribution is 2.22. The number of sulfonamides is 1. The van der Waals surface area contributed by atoms with Crippen molar-refractivity contribution in [2.24, 2.45) is 5.73 Å². The van der Waals surface area contributed by atoms with E-state index >= 15 is 0 Å². The topological polar surface area (TPSA) is 72.2 Å². The van der Waals surface area contributed by atoms with Gasteiger partial charge in [0.25, 0.3) is 0 Å². The molecule has 0 heterocycles. The van der Waals surface area contributed by atoms with Gasteiger partial charge in [0.05, 0.1) is 0 Å². The van der Waals surface area contributed by atoms with Gasteiger partial charge in [0.2, 0.25) is 10.0 Å². The zero-order valence-corrected chi connectivity index (χ0v) is 11.7. The van der Waals surface area contributed by atoms with E-state index in [2.05, 4.69) is 4.72 Å². The van der Waals surface area contributed by atoms with E-state index in [1.54, 1.807) is 13.8 Å². The lowest BCUT2D eigenvalue weighted by atomic mass is 9.95. The Balaban J connectivity index is 3.26. The minimum atomic E-state index is -4.30. The Morgan fingerprint density at radius 1 is 1.21 bits per heavy atom. The molecule has 7 heteroatoms. The van der Waals surface area contributed by atoms with E-state index in [1.165, 1.54) is 0 Å². The van der Waals surface area contributed by atoms with Gasteiger partial charge in [-0.2, -0.15) is 0 Å². The molecule has 108 valence electrons. The van der Waals surface area contributed by atoms with Crippen molar-refractivity contribution in [2.75, 3.05) is 6.54 Å². The van der Waals surface area contributed by atoms with Gasteiger partial charge in [0, 0.05) is 12.1 Å². The third-order valence-electron chi connectivity index (χ3n) is 3.28. The first kappa shape index (κ1) is 16.0. The SMILES string of the molecule is CCC(CC)(CN)NS(=O)(=O)c1c(F)cccc1F. The zero-order chi connectivity index (χ0) is 14.7. The van der Waals surface area contributed by atoms with Crippen LogP contribution in [0.4, 0.5) is 8.78 Å². The summed E-state index contributed by atoms with van der Waals surface area (Å²) in [6.07, 6.45) is 0.852. The zero-order valence-electron chi connectivity index (χ0n) is 10.9. The number of benzene rings is 1. The molecule has 1 rings (SSSR count). The lowest BCUT2D eigenvalue weighted by molar-refractivity contribution is 0.361.